The average molecular weight is 426 g/mol. The molecule has 4 rings (SSSR count). The quantitative estimate of drug-likeness (QED) is 0.605. The molecular weight excluding hydrogens is 404 g/mol. The predicted octanol–water partition coefficient (Wildman–Crippen LogP) is -0.111. The van der Waals surface area contributed by atoms with Crippen LogP contribution in [0.2, 0.25) is 0 Å². The van der Waals surface area contributed by atoms with Gasteiger partial charge in [0.05, 0.1) is 34.4 Å². The Morgan fingerprint density at radius 1 is 1.00 bits per heavy atom. The summed E-state index contributed by atoms with van der Waals surface area (Å²) in [4.78, 5) is 15.1. The Balaban J connectivity index is 1.66. The van der Waals surface area contributed by atoms with Gasteiger partial charge in [-0.3, -0.25) is 9.89 Å². The maximum absolute atomic E-state index is 12.9. The minimum absolute atomic E-state index is 0.0205. The van der Waals surface area contributed by atoms with Crippen LogP contribution in [-0.2, 0) is 14.8 Å². The van der Waals surface area contributed by atoms with E-state index in [-0.39, 0.29) is 10.5 Å². The van der Waals surface area contributed by atoms with Gasteiger partial charge in [-0.2, -0.15) is 0 Å². The van der Waals surface area contributed by atoms with E-state index >= 15 is 0 Å². The van der Waals surface area contributed by atoms with E-state index < -0.39 is 10.0 Å². The third-order valence-corrected chi connectivity index (χ3v) is 5.94. The lowest BCUT2D eigenvalue weighted by Gasteiger charge is -2.28. The highest BCUT2D eigenvalue weighted by atomic mass is 32.2. The van der Waals surface area contributed by atoms with Crippen LogP contribution in [0.25, 0.3) is 18.3 Å². The molecule has 2 heterocycles. The summed E-state index contributed by atoms with van der Waals surface area (Å²) in [5.41, 5.74) is 2.21. The number of sulfonamides is 1. The molecule has 1 aliphatic heterocycles. The van der Waals surface area contributed by atoms with E-state index in [0.717, 1.165) is 37.6 Å². The molecule has 1 aliphatic rings. The second kappa shape index (κ2) is 7.94. The summed E-state index contributed by atoms with van der Waals surface area (Å²) in [6.07, 6.45) is 1.78. The summed E-state index contributed by atoms with van der Waals surface area (Å²) in [6.45, 7) is 7.09. The minimum Gasteiger partial charge on any atom is -0.378 e. The number of aromatic amines is 1. The number of nitrogens with zero attached hydrogens (tertiary/aromatic N) is 2. The Kier molecular flexibility index (Phi) is 5.33. The fourth-order valence-corrected chi connectivity index (χ4v) is 3.90. The summed E-state index contributed by atoms with van der Waals surface area (Å²) >= 11 is 0. The molecule has 0 unspecified atom stereocenters. The molecule has 0 radical (unpaired) electrons. The molecule has 0 amide bonds. The highest BCUT2D eigenvalue weighted by molar-refractivity contribution is 7.89. The Labute approximate surface area is 173 Å². The molecule has 8 nitrogen and oxygen atoms in total. The molecule has 0 bridgehead atoms. The highest BCUT2D eigenvalue weighted by Gasteiger charge is 2.11. The van der Waals surface area contributed by atoms with Crippen molar-refractivity contribution in [3.63, 3.8) is 0 Å². The molecular formula is C21H22N4O4S. The van der Waals surface area contributed by atoms with E-state index in [0.29, 0.717) is 16.3 Å². The van der Waals surface area contributed by atoms with Gasteiger partial charge in [-0.05, 0) is 48.0 Å². The topological polar surface area (TPSA) is 110 Å². The van der Waals surface area contributed by atoms with Crippen LogP contribution in [0.5, 0.6) is 0 Å². The number of anilines is 1. The predicted molar refractivity (Wildman–Crippen MR) is 116 cm³/mol. The Morgan fingerprint density at radius 2 is 1.60 bits per heavy atom. The number of rotatable bonds is 4. The van der Waals surface area contributed by atoms with Crippen LogP contribution in [-0.4, -0.2) is 44.5 Å². The van der Waals surface area contributed by atoms with Gasteiger partial charge in [0.1, 0.15) is 0 Å². The standard InChI is InChI=1S/C21H22N4O4S/c1-15-20(14-16-2-4-17(5-3-16)24-10-12-29-13-11-24)21(26)25(23-15)18-6-8-19(9-7-18)30(22,27)28/h2-9,14,23H,1,10-13H2,(H2,22,27,28)/b20-14-. The van der Waals surface area contributed by atoms with Gasteiger partial charge in [-0.15, -0.1) is 0 Å². The van der Waals surface area contributed by atoms with Gasteiger partial charge in [0.15, 0.2) is 0 Å². The van der Waals surface area contributed by atoms with Crippen molar-refractivity contribution in [2.24, 2.45) is 5.14 Å². The van der Waals surface area contributed by atoms with Crippen molar-refractivity contribution in [3.8, 4) is 5.69 Å². The number of morpholine rings is 1. The number of ether oxygens (including phenoxy) is 1. The maximum Gasteiger partial charge on any atom is 0.279 e. The first-order valence-electron chi connectivity index (χ1n) is 9.41. The number of benzene rings is 2. The number of aromatic nitrogens is 2. The van der Waals surface area contributed by atoms with Crippen molar-refractivity contribution in [2.75, 3.05) is 31.2 Å². The molecule has 1 fully saturated rings. The minimum atomic E-state index is -3.79. The van der Waals surface area contributed by atoms with E-state index in [1.54, 1.807) is 6.08 Å². The molecule has 1 aromatic heterocycles. The molecule has 0 spiro atoms. The largest absolute Gasteiger partial charge is 0.378 e. The summed E-state index contributed by atoms with van der Waals surface area (Å²) < 4.78 is 29.5. The number of nitrogens with two attached hydrogens (primary N) is 1. The fraction of sp³-hybridized carbons (Fsp3) is 0.190. The Morgan fingerprint density at radius 3 is 2.20 bits per heavy atom. The Bertz CT molecular complexity index is 1320. The van der Waals surface area contributed by atoms with Gasteiger partial charge in [-0.25, -0.2) is 18.2 Å². The number of primary sulfonamides is 1. The number of hydrogen-bond acceptors (Lipinski definition) is 5. The Hall–Kier alpha value is -3.14. The molecule has 0 saturated carbocycles. The van der Waals surface area contributed by atoms with Crippen LogP contribution in [0.4, 0.5) is 5.69 Å². The monoisotopic (exact) mass is 426 g/mol. The molecule has 3 aromatic rings. The second-order valence-corrected chi connectivity index (χ2v) is 8.58. The summed E-state index contributed by atoms with van der Waals surface area (Å²) in [5, 5.41) is 8.95. The second-order valence-electron chi connectivity index (χ2n) is 7.02. The molecule has 2 aromatic carbocycles. The third-order valence-electron chi connectivity index (χ3n) is 5.01. The van der Waals surface area contributed by atoms with Crippen molar-refractivity contribution >= 4 is 28.4 Å². The fourth-order valence-electron chi connectivity index (χ4n) is 3.38. The number of nitrogens with one attached hydrogen (secondary N) is 1. The van der Waals surface area contributed by atoms with E-state index in [4.69, 9.17) is 9.88 Å². The van der Waals surface area contributed by atoms with Gasteiger partial charge in [0, 0.05) is 18.8 Å². The van der Waals surface area contributed by atoms with Gasteiger partial charge < -0.3 is 9.64 Å². The first kappa shape index (κ1) is 20.1. The lowest BCUT2D eigenvalue weighted by molar-refractivity contribution is 0.122. The summed E-state index contributed by atoms with van der Waals surface area (Å²) in [6, 6.07) is 13.7. The molecule has 9 heteroatoms. The molecule has 1 saturated heterocycles. The van der Waals surface area contributed by atoms with Crippen molar-refractivity contribution < 1.29 is 13.2 Å². The molecule has 0 aliphatic carbocycles. The molecule has 30 heavy (non-hydrogen) atoms. The van der Waals surface area contributed by atoms with Crippen molar-refractivity contribution in [1.29, 1.82) is 0 Å². The first-order valence-corrected chi connectivity index (χ1v) is 11.0. The van der Waals surface area contributed by atoms with Gasteiger partial charge in [0.25, 0.3) is 5.56 Å². The average Bonchev–Trinajstić information content (AvgIpc) is 3.03. The van der Waals surface area contributed by atoms with Crippen molar-refractivity contribution in [1.82, 2.24) is 9.78 Å². The van der Waals surface area contributed by atoms with Crippen LogP contribution in [0, 0.1) is 0 Å². The van der Waals surface area contributed by atoms with E-state index in [1.807, 2.05) is 24.3 Å². The molecule has 156 valence electrons. The zero-order valence-corrected chi connectivity index (χ0v) is 17.1. The normalized spacial score (nSPS) is 15.5. The summed E-state index contributed by atoms with van der Waals surface area (Å²) in [5.74, 6) is 0. The van der Waals surface area contributed by atoms with Gasteiger partial charge in [0.2, 0.25) is 10.0 Å². The SMILES string of the molecule is C=c1[nH]n(-c2ccc(S(N)(=O)=O)cc2)c(=O)/c1=C\c1ccc(N2CCOCC2)cc1. The number of H-pyrrole nitrogens is 1. The van der Waals surface area contributed by atoms with E-state index in [9.17, 15) is 13.2 Å². The number of hydrogen-bond donors (Lipinski definition) is 2. The maximum atomic E-state index is 12.9. The first-order chi connectivity index (χ1) is 14.3. The van der Waals surface area contributed by atoms with Gasteiger partial charge >= 0.3 is 0 Å². The van der Waals surface area contributed by atoms with Crippen LogP contribution < -0.4 is 26.2 Å². The van der Waals surface area contributed by atoms with Crippen molar-refractivity contribution in [2.45, 2.75) is 4.90 Å². The van der Waals surface area contributed by atoms with Crippen LogP contribution >= 0.6 is 0 Å². The zero-order valence-electron chi connectivity index (χ0n) is 16.2. The van der Waals surface area contributed by atoms with Crippen LogP contribution in [0.1, 0.15) is 5.56 Å². The third kappa shape index (κ3) is 4.09. The van der Waals surface area contributed by atoms with Gasteiger partial charge in [-0.1, -0.05) is 18.7 Å². The van der Waals surface area contributed by atoms with Crippen LogP contribution in [0.3, 0.4) is 0 Å². The van der Waals surface area contributed by atoms with Crippen molar-refractivity contribution in [3.05, 3.63) is 75.0 Å². The highest BCUT2D eigenvalue weighted by Crippen LogP contribution is 2.16. The smallest absolute Gasteiger partial charge is 0.279 e. The van der Waals surface area contributed by atoms with Crippen LogP contribution in [0.15, 0.2) is 58.2 Å². The summed E-state index contributed by atoms with van der Waals surface area (Å²) in [7, 11) is -3.79. The van der Waals surface area contributed by atoms with E-state index in [2.05, 4.69) is 16.6 Å². The molecule has 3 N–H and O–H groups in total. The molecule has 0 atom stereocenters. The van der Waals surface area contributed by atoms with E-state index in [1.165, 1.54) is 28.9 Å². The lowest BCUT2D eigenvalue weighted by atomic mass is 10.1. The lowest BCUT2D eigenvalue weighted by Crippen LogP contribution is -2.36. The zero-order chi connectivity index (χ0) is 21.3.